The van der Waals surface area contributed by atoms with Gasteiger partial charge in [0.05, 0.1) is 44.6 Å². The topological polar surface area (TPSA) is 139 Å². The van der Waals surface area contributed by atoms with Gasteiger partial charge in [0, 0.05) is 19.3 Å². The Kier molecular flexibility index (Phi) is 10.3. The van der Waals surface area contributed by atoms with Crippen molar-refractivity contribution in [1.82, 2.24) is 16.0 Å². The number of nitrogens with zero attached hydrogens (tertiary/aromatic N) is 1. The summed E-state index contributed by atoms with van der Waals surface area (Å²) in [5.41, 5.74) is 3.64. The minimum atomic E-state index is -1.02. The Morgan fingerprint density at radius 3 is 2.31 bits per heavy atom. The molecule has 1 amide bonds. The van der Waals surface area contributed by atoms with E-state index in [0.29, 0.717) is 45.5 Å². The smallest absolute Gasteiger partial charge is 0.335 e. The van der Waals surface area contributed by atoms with Crippen molar-refractivity contribution >= 4 is 41.1 Å². The number of aromatic carboxylic acids is 1. The summed E-state index contributed by atoms with van der Waals surface area (Å²) in [7, 11) is 0. The first-order valence-corrected chi connectivity index (χ1v) is 13.9. The van der Waals surface area contributed by atoms with Gasteiger partial charge in [-0.2, -0.15) is 0 Å². The van der Waals surface area contributed by atoms with E-state index in [-0.39, 0.29) is 29.2 Å². The van der Waals surface area contributed by atoms with Crippen molar-refractivity contribution in [2.45, 2.75) is 20.0 Å². The number of aliphatic imine (C=N–C) groups is 1. The molecule has 0 radical (unpaired) electrons. The molecule has 0 atom stereocenters. The van der Waals surface area contributed by atoms with E-state index >= 15 is 0 Å². The van der Waals surface area contributed by atoms with Crippen molar-refractivity contribution in [3.63, 3.8) is 0 Å². The average molecular weight is 631 g/mol. The van der Waals surface area contributed by atoms with Gasteiger partial charge in [0.15, 0.2) is 11.6 Å². The molecule has 12 heteroatoms. The Balaban J connectivity index is 1.61. The minimum Gasteiger partial charge on any atom is -0.478 e. The Morgan fingerprint density at radius 1 is 1.00 bits per heavy atom. The zero-order valence-corrected chi connectivity index (χ0v) is 24.9. The van der Waals surface area contributed by atoms with Crippen LogP contribution in [0.5, 0.6) is 0 Å². The second kappa shape index (κ2) is 14.3. The highest BCUT2D eigenvalue weighted by molar-refractivity contribution is 6.34. The molecular weight excluding hydrogens is 602 g/mol. The van der Waals surface area contributed by atoms with Crippen molar-refractivity contribution in [2.24, 2.45) is 4.99 Å². The molecule has 4 rings (SSSR count). The number of allylic oxidation sites excluding steroid dienone is 1. The molecule has 0 saturated carbocycles. The summed E-state index contributed by atoms with van der Waals surface area (Å²) in [6.07, 6.45) is 2.46. The average Bonchev–Trinajstić information content (AvgIpc) is 3.01. The Hall–Kier alpha value is -5.55. The van der Waals surface area contributed by atoms with Crippen LogP contribution in [0.25, 0.3) is 0 Å². The van der Waals surface area contributed by atoms with Gasteiger partial charge in [-0.25, -0.2) is 18.6 Å². The van der Waals surface area contributed by atoms with Crippen LogP contribution >= 0.6 is 11.6 Å². The molecule has 0 spiro atoms. The zero-order chi connectivity index (χ0) is 32.7. The number of carbonyl (C=O) groups excluding carboxylic acids is 1. The number of para-hydroxylation sites is 1. The molecular formula is C33H29ClF2N6O3. The number of carbonyl (C=O) groups is 2. The van der Waals surface area contributed by atoms with Crippen LogP contribution in [0.3, 0.4) is 0 Å². The third-order valence-corrected chi connectivity index (χ3v) is 7.01. The Bertz CT molecular complexity index is 1820. The first-order valence-electron chi connectivity index (χ1n) is 13.5. The number of carboxylic acids is 1. The molecule has 1 aliphatic heterocycles. The molecule has 3 aromatic rings. The van der Waals surface area contributed by atoms with Crippen molar-refractivity contribution in [3.05, 3.63) is 147 Å². The third-order valence-electron chi connectivity index (χ3n) is 6.68. The predicted molar refractivity (Wildman–Crippen MR) is 171 cm³/mol. The van der Waals surface area contributed by atoms with Crippen molar-refractivity contribution in [1.29, 1.82) is 5.41 Å². The molecule has 0 saturated heterocycles. The molecule has 0 aromatic heterocycles. The lowest BCUT2D eigenvalue weighted by Crippen LogP contribution is -2.31. The molecule has 230 valence electrons. The van der Waals surface area contributed by atoms with E-state index in [2.05, 4.69) is 39.4 Å². The van der Waals surface area contributed by atoms with Gasteiger partial charge in [-0.1, -0.05) is 55.1 Å². The largest absolute Gasteiger partial charge is 0.478 e. The summed E-state index contributed by atoms with van der Waals surface area (Å²) in [4.78, 5) is 29.1. The molecule has 6 N–H and O–H groups in total. The van der Waals surface area contributed by atoms with Gasteiger partial charge in [0.25, 0.3) is 5.91 Å². The quantitative estimate of drug-likeness (QED) is 0.108. The maximum atomic E-state index is 13.7. The molecule has 9 nitrogen and oxygen atoms in total. The minimum absolute atomic E-state index is 0.0161. The number of rotatable bonds is 12. The van der Waals surface area contributed by atoms with E-state index in [4.69, 9.17) is 17.0 Å². The van der Waals surface area contributed by atoms with E-state index in [1.807, 2.05) is 0 Å². The van der Waals surface area contributed by atoms with Crippen LogP contribution in [0.15, 0.2) is 113 Å². The van der Waals surface area contributed by atoms with Crippen LogP contribution in [-0.4, -0.2) is 28.9 Å². The molecule has 1 aliphatic rings. The SMILES string of the molecule is C=C(NCc1ccc(C(=O)O)c(C)c1)C1=CC(C(=C)NCc2ccc(F)c(F)c2)=N/C(=C(/C=N)C(=O)Nc2ccccc2Cl)N1. The van der Waals surface area contributed by atoms with Crippen molar-refractivity contribution in [2.75, 3.05) is 5.32 Å². The normalized spacial score (nSPS) is 13.4. The summed E-state index contributed by atoms with van der Waals surface area (Å²) >= 11 is 6.20. The van der Waals surface area contributed by atoms with Gasteiger partial charge >= 0.3 is 5.97 Å². The summed E-state index contributed by atoms with van der Waals surface area (Å²) in [6, 6.07) is 15.1. The second-order valence-corrected chi connectivity index (χ2v) is 10.3. The van der Waals surface area contributed by atoms with Crippen LogP contribution in [0.4, 0.5) is 14.5 Å². The maximum Gasteiger partial charge on any atom is 0.335 e. The van der Waals surface area contributed by atoms with E-state index in [1.165, 1.54) is 12.1 Å². The molecule has 0 unspecified atom stereocenters. The summed E-state index contributed by atoms with van der Waals surface area (Å²) < 4.78 is 27.1. The van der Waals surface area contributed by atoms with E-state index in [0.717, 1.165) is 23.9 Å². The lowest BCUT2D eigenvalue weighted by atomic mass is 10.0. The highest BCUT2D eigenvalue weighted by Gasteiger charge is 2.22. The molecule has 0 aliphatic carbocycles. The number of hydrogen-bond donors (Lipinski definition) is 6. The van der Waals surface area contributed by atoms with Gasteiger partial charge in [-0.05, 0) is 60.0 Å². The number of amides is 1. The Morgan fingerprint density at radius 2 is 1.67 bits per heavy atom. The molecule has 0 bridgehead atoms. The number of benzene rings is 3. The van der Waals surface area contributed by atoms with E-state index in [1.54, 1.807) is 49.4 Å². The van der Waals surface area contributed by atoms with Crippen LogP contribution in [0, 0.1) is 24.0 Å². The fourth-order valence-corrected chi connectivity index (χ4v) is 4.43. The Labute approximate surface area is 263 Å². The van der Waals surface area contributed by atoms with Gasteiger partial charge in [-0.15, -0.1) is 0 Å². The number of aryl methyl sites for hydroxylation is 1. The van der Waals surface area contributed by atoms with Crippen molar-refractivity contribution in [3.8, 4) is 0 Å². The van der Waals surface area contributed by atoms with Crippen LogP contribution in [0.2, 0.25) is 5.02 Å². The number of anilines is 1. The van der Waals surface area contributed by atoms with Gasteiger partial charge in [0.2, 0.25) is 0 Å². The monoisotopic (exact) mass is 630 g/mol. The fraction of sp³-hybridized carbons (Fsp3) is 0.0909. The van der Waals surface area contributed by atoms with E-state index in [9.17, 15) is 23.5 Å². The first kappa shape index (κ1) is 32.4. The van der Waals surface area contributed by atoms with Gasteiger partial charge in [0.1, 0.15) is 5.82 Å². The van der Waals surface area contributed by atoms with Gasteiger partial charge < -0.3 is 31.8 Å². The lowest BCUT2D eigenvalue weighted by Gasteiger charge is -2.23. The maximum absolute atomic E-state index is 13.7. The van der Waals surface area contributed by atoms with Crippen molar-refractivity contribution < 1.29 is 23.5 Å². The molecule has 45 heavy (non-hydrogen) atoms. The zero-order valence-electron chi connectivity index (χ0n) is 24.1. The standard InChI is InChI=1S/C33H29ClF2N6O3/c1-18-12-21(8-10-23(18)33(44)45)16-38-19(2)29-14-30(20(3)39-17-22-9-11-26(35)27(36)13-22)41-31(40-29)24(15-37)32(43)42-28-7-5-4-6-25(28)34/h4-15,37-40H,2-3,16-17H2,1H3,(H,42,43)(H,44,45)/b31-24-,37-15?. The summed E-state index contributed by atoms with van der Waals surface area (Å²) in [6.45, 7) is 10.2. The van der Waals surface area contributed by atoms with Crippen LogP contribution < -0.4 is 21.3 Å². The summed E-state index contributed by atoms with van der Waals surface area (Å²) in [5.74, 6) is -3.60. The highest BCUT2D eigenvalue weighted by atomic mass is 35.5. The molecule has 3 aromatic carbocycles. The highest BCUT2D eigenvalue weighted by Crippen LogP contribution is 2.23. The number of nitrogens with one attached hydrogen (secondary N) is 5. The molecule has 1 heterocycles. The predicted octanol–water partition coefficient (Wildman–Crippen LogP) is 5.96. The first-order chi connectivity index (χ1) is 21.5. The van der Waals surface area contributed by atoms with Crippen LogP contribution in [-0.2, 0) is 17.9 Å². The lowest BCUT2D eigenvalue weighted by molar-refractivity contribution is -0.112. The third kappa shape index (κ3) is 8.09. The number of hydrogen-bond acceptors (Lipinski definition) is 7. The van der Waals surface area contributed by atoms with E-state index < -0.39 is 23.5 Å². The summed E-state index contributed by atoms with van der Waals surface area (Å²) in [5, 5.41) is 29.5. The van der Waals surface area contributed by atoms with Crippen LogP contribution in [0.1, 0.15) is 27.0 Å². The number of halogens is 3. The number of carboxylic acid groups (broad SMARTS) is 1. The van der Waals surface area contributed by atoms with Gasteiger partial charge in [-0.3, -0.25) is 4.79 Å². The second-order valence-electron chi connectivity index (χ2n) is 9.89. The fourth-order valence-electron chi connectivity index (χ4n) is 4.25. The molecule has 0 fully saturated rings.